The van der Waals surface area contributed by atoms with E-state index in [0.717, 1.165) is 0 Å². The monoisotopic (exact) mass is 136 g/mol. The van der Waals surface area contributed by atoms with Gasteiger partial charge in [-0.05, 0) is 12.1 Å². The van der Waals surface area contributed by atoms with E-state index in [4.69, 9.17) is 11.5 Å². The second kappa shape index (κ2) is 2.39. The van der Waals surface area contributed by atoms with Crippen molar-refractivity contribution in [1.82, 2.24) is 0 Å². The quantitative estimate of drug-likeness (QED) is 0.535. The summed E-state index contributed by atoms with van der Waals surface area (Å²) in [6.45, 7) is 0. The van der Waals surface area contributed by atoms with Crippen LogP contribution in [0.1, 0.15) is 0 Å². The van der Waals surface area contributed by atoms with Gasteiger partial charge in [0.25, 0.3) is 0 Å². The summed E-state index contributed by atoms with van der Waals surface area (Å²) in [5.74, 6) is 0. The highest BCUT2D eigenvalue weighted by atomic mass is 16.1. The van der Waals surface area contributed by atoms with E-state index in [1.54, 1.807) is 12.1 Å². The van der Waals surface area contributed by atoms with Gasteiger partial charge in [0.05, 0.1) is 11.4 Å². The molecule has 0 heterocycles. The van der Waals surface area contributed by atoms with Gasteiger partial charge in [-0.25, -0.2) is 0 Å². The van der Waals surface area contributed by atoms with E-state index >= 15 is 0 Å². The van der Waals surface area contributed by atoms with E-state index < -0.39 is 0 Å². The number of hydrogen-bond acceptors (Lipinski definition) is 3. The summed E-state index contributed by atoms with van der Waals surface area (Å²) in [5.41, 5.74) is 10.7. The molecule has 4 N–H and O–H groups in total. The third-order valence-corrected chi connectivity index (χ3v) is 1.19. The fraction of sp³-hybridized carbons (Fsp3) is 0. The Morgan fingerprint density at radius 1 is 1.00 bits per heavy atom. The highest BCUT2D eigenvalue weighted by Gasteiger charge is 1.92. The van der Waals surface area contributed by atoms with E-state index in [0.29, 0.717) is 0 Å². The Bertz CT molecular complexity index is 268. The summed E-state index contributed by atoms with van der Waals surface area (Å²) >= 11 is 0. The Morgan fingerprint density at radius 3 is 1.80 bits per heavy atom. The maximum Gasteiger partial charge on any atom is 0.224 e. The van der Waals surface area contributed by atoms with E-state index in [1.165, 1.54) is 12.1 Å². The smallest absolute Gasteiger partial charge is 0.224 e. The predicted octanol–water partition coefficient (Wildman–Crippen LogP) is 0.211. The molecule has 0 aliphatic rings. The van der Waals surface area contributed by atoms with Crippen molar-refractivity contribution in [2.45, 2.75) is 0 Å². The van der Waals surface area contributed by atoms with E-state index in [2.05, 4.69) is 0 Å². The zero-order chi connectivity index (χ0) is 7.56. The van der Waals surface area contributed by atoms with Crippen LogP contribution in [0.25, 0.3) is 0 Å². The Kier molecular flexibility index (Phi) is 1.58. The molecule has 1 rings (SSSR count). The first-order valence-electron chi connectivity index (χ1n) is 2.86. The molecule has 52 valence electrons. The zero-order valence-corrected chi connectivity index (χ0v) is 5.37. The second-order valence-corrected chi connectivity index (χ2v) is 1.96. The van der Waals surface area contributed by atoms with Crippen molar-refractivity contribution >= 4 is 11.4 Å². The molecule has 0 aromatic heterocycles. The van der Waals surface area contributed by atoms with Crippen LogP contribution in [0.2, 0.25) is 0 Å². The Morgan fingerprint density at radius 2 is 1.40 bits per heavy atom. The van der Waals surface area contributed by atoms with Gasteiger partial charge < -0.3 is 11.5 Å². The summed E-state index contributed by atoms with van der Waals surface area (Å²) in [6.07, 6.45) is 0. The fourth-order valence-corrected chi connectivity index (χ4v) is 0.636. The fourth-order valence-electron chi connectivity index (χ4n) is 0.636. The number of nitrogen functional groups attached to an aromatic ring is 2. The lowest BCUT2D eigenvalue weighted by molar-refractivity contribution is 1.63. The summed E-state index contributed by atoms with van der Waals surface area (Å²) in [5, 5.41) is 0. The van der Waals surface area contributed by atoms with Gasteiger partial charge in [0.1, 0.15) is 0 Å². The van der Waals surface area contributed by atoms with Crippen molar-refractivity contribution in [2.75, 3.05) is 11.5 Å². The molecule has 0 unspecified atom stereocenters. The van der Waals surface area contributed by atoms with Crippen molar-refractivity contribution in [3.8, 4) is 0 Å². The van der Waals surface area contributed by atoms with Crippen LogP contribution in [0.15, 0.2) is 29.1 Å². The van der Waals surface area contributed by atoms with Crippen LogP contribution in [-0.2, 0) is 0 Å². The average molecular weight is 136 g/mol. The van der Waals surface area contributed by atoms with Gasteiger partial charge in [-0.1, -0.05) is 12.1 Å². The largest absolute Gasteiger partial charge is 0.396 e. The molecule has 3 nitrogen and oxygen atoms in total. The standard InChI is InChI=1S/C7H8N2O/c8-5-3-1-2-4-6(9)7(5)10/h1-4H,(H4,8,9,10). The second-order valence-electron chi connectivity index (χ2n) is 1.96. The van der Waals surface area contributed by atoms with Crippen LogP contribution in [0.3, 0.4) is 0 Å². The minimum atomic E-state index is -0.301. The summed E-state index contributed by atoms with van der Waals surface area (Å²) in [4.78, 5) is 10.9. The van der Waals surface area contributed by atoms with Crippen molar-refractivity contribution in [1.29, 1.82) is 0 Å². The average Bonchev–Trinajstić information content (AvgIpc) is 2.04. The molecular weight excluding hydrogens is 128 g/mol. The highest BCUT2D eigenvalue weighted by Crippen LogP contribution is 1.95. The maximum absolute atomic E-state index is 10.9. The molecule has 0 atom stereocenters. The molecule has 0 fully saturated rings. The van der Waals surface area contributed by atoms with E-state index in [9.17, 15) is 4.79 Å². The molecule has 0 saturated heterocycles. The van der Waals surface area contributed by atoms with E-state index in [-0.39, 0.29) is 16.8 Å². The van der Waals surface area contributed by atoms with Crippen molar-refractivity contribution in [2.24, 2.45) is 0 Å². The molecule has 3 heteroatoms. The summed E-state index contributed by atoms with van der Waals surface area (Å²) in [6, 6.07) is 6.40. The SMILES string of the molecule is Nc1ccccc(N)c1=O. The van der Waals surface area contributed by atoms with Crippen LogP contribution in [0, 0.1) is 0 Å². The first-order chi connectivity index (χ1) is 4.72. The summed E-state index contributed by atoms with van der Waals surface area (Å²) < 4.78 is 0. The van der Waals surface area contributed by atoms with Crippen LogP contribution < -0.4 is 16.9 Å². The minimum absolute atomic E-state index is 0.183. The topological polar surface area (TPSA) is 69.1 Å². The first kappa shape index (κ1) is 6.61. The van der Waals surface area contributed by atoms with Crippen LogP contribution >= 0.6 is 0 Å². The molecule has 1 aromatic carbocycles. The van der Waals surface area contributed by atoms with Gasteiger partial charge in [-0.2, -0.15) is 0 Å². The first-order valence-corrected chi connectivity index (χ1v) is 2.86. The van der Waals surface area contributed by atoms with Crippen molar-refractivity contribution < 1.29 is 0 Å². The molecule has 0 aliphatic heterocycles. The van der Waals surface area contributed by atoms with Gasteiger partial charge in [-0.15, -0.1) is 0 Å². The lowest BCUT2D eigenvalue weighted by atomic mass is 10.4. The lowest BCUT2D eigenvalue weighted by Crippen LogP contribution is -2.08. The Labute approximate surface area is 58.3 Å². The number of rotatable bonds is 0. The Balaban J connectivity index is 3.53. The van der Waals surface area contributed by atoms with Crippen LogP contribution in [0.5, 0.6) is 0 Å². The number of nitrogens with two attached hydrogens (primary N) is 2. The van der Waals surface area contributed by atoms with E-state index in [1.807, 2.05) is 0 Å². The predicted molar refractivity (Wildman–Crippen MR) is 41.5 cm³/mol. The van der Waals surface area contributed by atoms with Gasteiger partial charge in [0.2, 0.25) is 5.43 Å². The number of anilines is 2. The molecule has 10 heavy (non-hydrogen) atoms. The highest BCUT2D eigenvalue weighted by molar-refractivity contribution is 5.49. The molecule has 0 saturated carbocycles. The third-order valence-electron chi connectivity index (χ3n) is 1.19. The lowest BCUT2D eigenvalue weighted by Gasteiger charge is -1.82. The van der Waals surface area contributed by atoms with Gasteiger partial charge >= 0.3 is 0 Å². The molecule has 0 radical (unpaired) electrons. The molecule has 1 aromatic rings. The van der Waals surface area contributed by atoms with Gasteiger partial charge in [0.15, 0.2) is 0 Å². The van der Waals surface area contributed by atoms with Crippen molar-refractivity contribution in [3.05, 3.63) is 34.5 Å². The molecule has 0 amide bonds. The molecule has 0 aliphatic carbocycles. The third kappa shape index (κ3) is 1.07. The summed E-state index contributed by atoms with van der Waals surface area (Å²) in [7, 11) is 0. The van der Waals surface area contributed by atoms with Crippen LogP contribution in [-0.4, -0.2) is 0 Å². The molecule has 0 bridgehead atoms. The number of hydrogen-bond donors (Lipinski definition) is 2. The van der Waals surface area contributed by atoms with Crippen LogP contribution in [0.4, 0.5) is 11.4 Å². The molecule has 0 spiro atoms. The van der Waals surface area contributed by atoms with Gasteiger partial charge in [0, 0.05) is 0 Å². The zero-order valence-electron chi connectivity index (χ0n) is 5.37. The Hall–Kier alpha value is -1.51. The molecular formula is C7H8N2O. The van der Waals surface area contributed by atoms with Crippen molar-refractivity contribution in [3.63, 3.8) is 0 Å². The maximum atomic E-state index is 10.9. The van der Waals surface area contributed by atoms with Gasteiger partial charge in [-0.3, -0.25) is 4.79 Å². The normalized spacial score (nSPS) is 9.20. The minimum Gasteiger partial charge on any atom is -0.396 e.